The molecule has 0 radical (unpaired) electrons. The molecule has 2 N–H and O–H groups in total. The van der Waals surface area contributed by atoms with E-state index in [2.05, 4.69) is 10.3 Å². The second-order valence-electron chi connectivity index (χ2n) is 5.29. The van der Waals surface area contributed by atoms with Gasteiger partial charge in [0.2, 0.25) is 0 Å². The van der Waals surface area contributed by atoms with E-state index in [9.17, 15) is 14.0 Å². The quantitative estimate of drug-likeness (QED) is 0.889. The van der Waals surface area contributed by atoms with Crippen LogP contribution in [0.3, 0.4) is 0 Å². The fourth-order valence-electron chi connectivity index (χ4n) is 2.72. The summed E-state index contributed by atoms with van der Waals surface area (Å²) in [5, 5.41) is 2.85. The van der Waals surface area contributed by atoms with Gasteiger partial charge < -0.3 is 10.3 Å². The first-order valence-corrected chi connectivity index (χ1v) is 6.84. The number of nitrogens with one attached hydrogen (secondary N) is 2. The van der Waals surface area contributed by atoms with Gasteiger partial charge in [-0.05, 0) is 55.2 Å². The van der Waals surface area contributed by atoms with Crippen LogP contribution in [-0.4, -0.2) is 10.9 Å². The molecule has 1 aliphatic rings. The van der Waals surface area contributed by atoms with Crippen molar-refractivity contribution in [2.75, 3.05) is 0 Å². The van der Waals surface area contributed by atoms with Gasteiger partial charge in [-0.2, -0.15) is 0 Å². The first-order valence-electron chi connectivity index (χ1n) is 6.84. The minimum absolute atomic E-state index is 0.0937. The third-order valence-electron chi connectivity index (χ3n) is 3.79. The van der Waals surface area contributed by atoms with Gasteiger partial charge in [0.1, 0.15) is 11.4 Å². The fourth-order valence-corrected chi connectivity index (χ4v) is 2.72. The first-order chi connectivity index (χ1) is 10.0. The van der Waals surface area contributed by atoms with Crippen molar-refractivity contribution in [1.29, 1.82) is 0 Å². The summed E-state index contributed by atoms with van der Waals surface area (Å²) in [5.41, 5.74) is 2.24. The number of aromatic nitrogens is 1. The normalized spacial score (nSPS) is 16.6. The van der Waals surface area contributed by atoms with Crippen molar-refractivity contribution in [3.8, 4) is 0 Å². The van der Waals surface area contributed by atoms with Crippen molar-refractivity contribution < 1.29 is 9.18 Å². The van der Waals surface area contributed by atoms with E-state index < -0.39 is 11.5 Å². The number of carbonyl (C=O) groups excluding carboxylic acids is 1. The van der Waals surface area contributed by atoms with Gasteiger partial charge in [0.05, 0.1) is 6.04 Å². The highest BCUT2D eigenvalue weighted by Crippen LogP contribution is 2.31. The van der Waals surface area contributed by atoms with E-state index in [0.717, 1.165) is 17.5 Å². The predicted octanol–water partition coefficient (Wildman–Crippen LogP) is 2.24. The molecule has 1 heterocycles. The highest BCUT2D eigenvalue weighted by atomic mass is 19.1. The number of carbonyl (C=O) groups is 1. The number of H-pyrrole nitrogens is 1. The molecule has 1 aromatic heterocycles. The summed E-state index contributed by atoms with van der Waals surface area (Å²) in [7, 11) is 0. The van der Waals surface area contributed by atoms with Crippen LogP contribution in [0.15, 0.2) is 35.1 Å². The second kappa shape index (κ2) is 5.16. The van der Waals surface area contributed by atoms with Crippen LogP contribution in [0.5, 0.6) is 0 Å². The number of hydrogen-bond acceptors (Lipinski definition) is 2. The first kappa shape index (κ1) is 13.5. The number of fused-ring (bicyclic) bond motifs is 1. The van der Waals surface area contributed by atoms with Crippen LogP contribution in [0.4, 0.5) is 4.39 Å². The van der Waals surface area contributed by atoms with Crippen LogP contribution in [0.1, 0.15) is 39.6 Å². The molecule has 1 atom stereocenters. The Balaban J connectivity index is 1.82. The van der Waals surface area contributed by atoms with Crippen LogP contribution in [0, 0.1) is 12.7 Å². The molecule has 0 saturated carbocycles. The molecule has 0 spiro atoms. The Morgan fingerprint density at radius 3 is 2.90 bits per heavy atom. The maximum atomic E-state index is 13.2. The smallest absolute Gasteiger partial charge is 0.260 e. The minimum atomic E-state index is -0.404. The summed E-state index contributed by atoms with van der Waals surface area (Å²) in [6, 6.07) is 7.62. The Morgan fingerprint density at radius 1 is 1.33 bits per heavy atom. The zero-order chi connectivity index (χ0) is 15.0. The molecule has 3 rings (SSSR count). The van der Waals surface area contributed by atoms with Crippen LogP contribution < -0.4 is 10.9 Å². The molecule has 108 valence electrons. The second-order valence-corrected chi connectivity index (χ2v) is 5.29. The molecule has 0 aliphatic heterocycles. The van der Waals surface area contributed by atoms with Gasteiger partial charge in [0, 0.05) is 5.69 Å². The SMILES string of the molecule is Cc1ccc(C(=O)N[C@@H]2CCc3cc(F)ccc32)c(=O)[nH]1. The zero-order valence-electron chi connectivity index (χ0n) is 11.6. The summed E-state index contributed by atoms with van der Waals surface area (Å²) in [6.07, 6.45) is 1.44. The van der Waals surface area contributed by atoms with E-state index in [1.807, 2.05) is 0 Å². The molecule has 0 bridgehead atoms. The topological polar surface area (TPSA) is 62.0 Å². The molecule has 1 amide bonds. The van der Waals surface area contributed by atoms with E-state index in [1.54, 1.807) is 19.1 Å². The number of pyridine rings is 1. The molecule has 21 heavy (non-hydrogen) atoms. The van der Waals surface area contributed by atoms with Gasteiger partial charge in [-0.15, -0.1) is 0 Å². The van der Waals surface area contributed by atoms with E-state index >= 15 is 0 Å². The van der Waals surface area contributed by atoms with E-state index in [1.165, 1.54) is 18.2 Å². The van der Waals surface area contributed by atoms with Gasteiger partial charge in [-0.1, -0.05) is 6.07 Å². The Hall–Kier alpha value is -2.43. The van der Waals surface area contributed by atoms with Gasteiger partial charge >= 0.3 is 0 Å². The number of benzene rings is 1. The van der Waals surface area contributed by atoms with Crippen molar-refractivity contribution in [3.05, 3.63) is 68.9 Å². The fraction of sp³-hybridized carbons (Fsp3) is 0.250. The third-order valence-corrected chi connectivity index (χ3v) is 3.79. The van der Waals surface area contributed by atoms with Crippen LogP contribution in [-0.2, 0) is 6.42 Å². The lowest BCUT2D eigenvalue weighted by atomic mass is 10.1. The van der Waals surface area contributed by atoms with Gasteiger partial charge in [0.15, 0.2) is 0 Å². The highest BCUT2D eigenvalue weighted by Gasteiger charge is 2.25. The van der Waals surface area contributed by atoms with Crippen molar-refractivity contribution >= 4 is 5.91 Å². The molecule has 0 saturated heterocycles. The van der Waals surface area contributed by atoms with E-state index in [0.29, 0.717) is 12.1 Å². The number of aromatic amines is 1. The summed E-state index contributed by atoms with van der Waals surface area (Å²) >= 11 is 0. The largest absolute Gasteiger partial charge is 0.345 e. The Kier molecular flexibility index (Phi) is 3.33. The van der Waals surface area contributed by atoms with Crippen molar-refractivity contribution in [1.82, 2.24) is 10.3 Å². The Morgan fingerprint density at radius 2 is 2.14 bits per heavy atom. The molecule has 2 aromatic rings. The Bertz CT molecular complexity index is 767. The van der Waals surface area contributed by atoms with Gasteiger partial charge in [-0.3, -0.25) is 9.59 Å². The minimum Gasteiger partial charge on any atom is -0.345 e. The molecule has 1 aromatic carbocycles. The van der Waals surface area contributed by atoms with Gasteiger partial charge in [0.25, 0.3) is 11.5 Å². The summed E-state index contributed by atoms with van der Waals surface area (Å²) in [6.45, 7) is 1.75. The Labute approximate surface area is 121 Å². The number of halogens is 1. The average molecular weight is 286 g/mol. The van der Waals surface area contributed by atoms with E-state index in [-0.39, 0.29) is 17.4 Å². The molecular weight excluding hydrogens is 271 g/mol. The summed E-state index contributed by atoms with van der Waals surface area (Å²) in [5.74, 6) is -0.672. The maximum absolute atomic E-state index is 13.2. The van der Waals surface area contributed by atoms with Gasteiger partial charge in [-0.25, -0.2) is 4.39 Å². The van der Waals surface area contributed by atoms with E-state index in [4.69, 9.17) is 0 Å². The zero-order valence-corrected chi connectivity index (χ0v) is 11.6. The lowest BCUT2D eigenvalue weighted by Gasteiger charge is -2.14. The van der Waals surface area contributed by atoms with Crippen molar-refractivity contribution in [2.24, 2.45) is 0 Å². The molecule has 0 fully saturated rings. The monoisotopic (exact) mass is 286 g/mol. The lowest BCUT2D eigenvalue weighted by Crippen LogP contribution is -2.32. The molecular formula is C16H15FN2O2. The highest BCUT2D eigenvalue weighted by molar-refractivity contribution is 5.94. The van der Waals surface area contributed by atoms with Crippen LogP contribution in [0.25, 0.3) is 0 Å². The van der Waals surface area contributed by atoms with Crippen LogP contribution in [0.2, 0.25) is 0 Å². The standard InChI is InChI=1S/C16H15FN2O2/c1-9-2-5-13(15(20)18-9)16(21)19-14-7-3-10-8-11(17)4-6-12(10)14/h2,4-6,8,14H,3,7H2,1H3,(H,18,20)(H,19,21)/t14-/m1/s1. The molecule has 1 aliphatic carbocycles. The molecule has 5 heteroatoms. The lowest BCUT2D eigenvalue weighted by molar-refractivity contribution is 0.0935. The number of rotatable bonds is 2. The predicted molar refractivity (Wildman–Crippen MR) is 76.7 cm³/mol. The maximum Gasteiger partial charge on any atom is 0.260 e. The van der Waals surface area contributed by atoms with Crippen molar-refractivity contribution in [2.45, 2.75) is 25.8 Å². The van der Waals surface area contributed by atoms with Crippen molar-refractivity contribution in [3.63, 3.8) is 0 Å². The summed E-state index contributed by atoms with van der Waals surface area (Å²) < 4.78 is 13.2. The van der Waals surface area contributed by atoms with Crippen LogP contribution >= 0.6 is 0 Å². The summed E-state index contributed by atoms with van der Waals surface area (Å²) in [4.78, 5) is 26.6. The molecule has 0 unspecified atom stereocenters. The number of hydrogen-bond donors (Lipinski definition) is 2. The number of amides is 1. The third kappa shape index (κ3) is 2.59. The average Bonchev–Trinajstić information content (AvgIpc) is 2.80. The molecule has 4 nitrogen and oxygen atoms in total. The number of aryl methyl sites for hydroxylation is 2.